The van der Waals surface area contributed by atoms with Crippen molar-refractivity contribution in [2.45, 2.75) is 27.7 Å². The summed E-state index contributed by atoms with van der Waals surface area (Å²) in [5.41, 5.74) is 3.90. The molecule has 0 saturated heterocycles. The molecule has 2 nitrogen and oxygen atoms in total. The molecular weight excluding hydrogens is 236 g/mol. The third-order valence-electron chi connectivity index (χ3n) is 2.82. The number of phenolic OH excluding ortho intramolecular Hbond substituents is 1. The summed E-state index contributed by atoms with van der Waals surface area (Å²) in [6.07, 6.45) is 0. The van der Waals surface area contributed by atoms with Crippen molar-refractivity contribution in [3.05, 3.63) is 64.7 Å². The molecule has 0 amide bonds. The first-order valence-corrected chi connectivity index (χ1v) is 6.24. The van der Waals surface area contributed by atoms with Gasteiger partial charge in [-0.15, -0.1) is 0 Å². The van der Waals surface area contributed by atoms with Gasteiger partial charge in [0, 0.05) is 0 Å². The van der Waals surface area contributed by atoms with Crippen LogP contribution in [0.25, 0.3) is 0 Å². The molecule has 0 saturated carbocycles. The fourth-order valence-electron chi connectivity index (χ4n) is 1.75. The zero-order valence-corrected chi connectivity index (χ0v) is 11.9. The Bertz CT molecular complexity index is 513. The van der Waals surface area contributed by atoms with Crippen LogP contribution in [0.3, 0.4) is 0 Å². The van der Waals surface area contributed by atoms with Gasteiger partial charge in [-0.3, -0.25) is 4.79 Å². The standard InChI is InChI=1S/C9H10O2.C8H10/c1-6-4-3-5-8(11)9(6)7(2)10;1-7-3-5-8(2)6-4-7/h3-5,11H,1-2H3;3-6H,1-2H3. The van der Waals surface area contributed by atoms with Crippen molar-refractivity contribution in [3.63, 3.8) is 0 Å². The minimum atomic E-state index is -0.0967. The lowest BCUT2D eigenvalue weighted by atomic mass is 10.0. The van der Waals surface area contributed by atoms with Gasteiger partial charge >= 0.3 is 0 Å². The van der Waals surface area contributed by atoms with Gasteiger partial charge in [-0.1, -0.05) is 47.5 Å². The molecule has 2 aromatic carbocycles. The molecule has 0 aliphatic heterocycles. The summed E-state index contributed by atoms with van der Waals surface area (Å²) in [4.78, 5) is 10.9. The maximum Gasteiger partial charge on any atom is 0.163 e. The predicted octanol–water partition coefficient (Wildman–Crippen LogP) is 4.21. The van der Waals surface area contributed by atoms with E-state index in [9.17, 15) is 9.90 Å². The minimum Gasteiger partial charge on any atom is -0.507 e. The Morgan fingerprint density at radius 3 is 1.68 bits per heavy atom. The van der Waals surface area contributed by atoms with Crippen molar-refractivity contribution in [3.8, 4) is 5.75 Å². The van der Waals surface area contributed by atoms with Gasteiger partial charge < -0.3 is 5.11 Å². The molecule has 2 aromatic rings. The summed E-state index contributed by atoms with van der Waals surface area (Å²) < 4.78 is 0. The molecule has 2 heteroatoms. The topological polar surface area (TPSA) is 37.3 Å². The van der Waals surface area contributed by atoms with E-state index in [1.807, 2.05) is 0 Å². The number of benzene rings is 2. The third-order valence-corrected chi connectivity index (χ3v) is 2.82. The molecule has 0 bridgehead atoms. The van der Waals surface area contributed by atoms with Gasteiger partial charge in [-0.2, -0.15) is 0 Å². The van der Waals surface area contributed by atoms with Crippen LogP contribution in [0.5, 0.6) is 5.75 Å². The number of carbonyl (C=O) groups is 1. The Kier molecular flexibility index (Phi) is 5.31. The normalized spacial score (nSPS) is 9.47. The summed E-state index contributed by atoms with van der Waals surface area (Å²) in [6, 6.07) is 13.5. The Labute approximate surface area is 114 Å². The van der Waals surface area contributed by atoms with Gasteiger partial charge in [0.2, 0.25) is 0 Å². The number of ketones is 1. The zero-order chi connectivity index (χ0) is 14.4. The van der Waals surface area contributed by atoms with Crippen LogP contribution in [0.1, 0.15) is 34.0 Å². The lowest BCUT2D eigenvalue weighted by molar-refractivity contribution is 0.101. The maximum atomic E-state index is 10.9. The van der Waals surface area contributed by atoms with Crippen LogP contribution in [0.4, 0.5) is 0 Å². The first kappa shape index (κ1) is 15.0. The van der Waals surface area contributed by atoms with Gasteiger partial charge in [0.25, 0.3) is 0 Å². The van der Waals surface area contributed by atoms with Crippen molar-refractivity contribution >= 4 is 5.78 Å². The highest BCUT2D eigenvalue weighted by Gasteiger charge is 2.07. The van der Waals surface area contributed by atoms with Crippen LogP contribution in [-0.2, 0) is 0 Å². The largest absolute Gasteiger partial charge is 0.507 e. The molecule has 19 heavy (non-hydrogen) atoms. The second-order valence-electron chi connectivity index (χ2n) is 4.68. The van der Waals surface area contributed by atoms with Crippen molar-refractivity contribution in [2.24, 2.45) is 0 Å². The Balaban J connectivity index is 0.000000200. The molecule has 100 valence electrons. The Hall–Kier alpha value is -2.09. The van der Waals surface area contributed by atoms with Gasteiger partial charge in [-0.25, -0.2) is 0 Å². The van der Waals surface area contributed by atoms with E-state index in [-0.39, 0.29) is 11.5 Å². The molecule has 0 fully saturated rings. The van der Waals surface area contributed by atoms with Crippen LogP contribution in [0.2, 0.25) is 0 Å². The molecular formula is C17H20O2. The number of carbonyl (C=O) groups excluding carboxylic acids is 1. The third kappa shape index (κ3) is 4.59. The molecule has 0 unspecified atom stereocenters. The average Bonchev–Trinajstić information content (AvgIpc) is 2.33. The predicted molar refractivity (Wildman–Crippen MR) is 78.8 cm³/mol. The fourth-order valence-corrected chi connectivity index (χ4v) is 1.75. The number of aromatic hydroxyl groups is 1. The number of rotatable bonds is 1. The van der Waals surface area contributed by atoms with Crippen molar-refractivity contribution in [1.29, 1.82) is 0 Å². The molecule has 0 aromatic heterocycles. The van der Waals surface area contributed by atoms with E-state index >= 15 is 0 Å². The summed E-state index contributed by atoms with van der Waals surface area (Å²) in [5.74, 6) is -0.0295. The zero-order valence-electron chi connectivity index (χ0n) is 11.9. The molecule has 0 spiro atoms. The SMILES string of the molecule is CC(=O)c1c(C)cccc1O.Cc1ccc(C)cc1. The monoisotopic (exact) mass is 256 g/mol. The Morgan fingerprint density at radius 2 is 1.37 bits per heavy atom. The first-order valence-electron chi connectivity index (χ1n) is 6.24. The number of hydrogen-bond acceptors (Lipinski definition) is 2. The Morgan fingerprint density at radius 1 is 0.895 bits per heavy atom. The molecule has 0 radical (unpaired) electrons. The smallest absolute Gasteiger partial charge is 0.163 e. The number of phenols is 1. The molecule has 0 atom stereocenters. The lowest BCUT2D eigenvalue weighted by Crippen LogP contribution is -1.95. The van der Waals surface area contributed by atoms with E-state index in [1.165, 1.54) is 24.1 Å². The summed E-state index contributed by atoms with van der Waals surface area (Å²) in [6.45, 7) is 7.44. The van der Waals surface area contributed by atoms with Gasteiger partial charge in [0.05, 0.1) is 5.56 Å². The highest BCUT2D eigenvalue weighted by Crippen LogP contribution is 2.20. The maximum absolute atomic E-state index is 10.9. The summed E-state index contributed by atoms with van der Waals surface area (Å²) in [5, 5.41) is 9.24. The average molecular weight is 256 g/mol. The second-order valence-corrected chi connectivity index (χ2v) is 4.68. The fraction of sp³-hybridized carbons (Fsp3) is 0.235. The van der Waals surface area contributed by atoms with Crippen LogP contribution in [0.15, 0.2) is 42.5 Å². The van der Waals surface area contributed by atoms with E-state index in [1.54, 1.807) is 19.1 Å². The second kappa shape index (κ2) is 6.74. The molecule has 0 aliphatic rings. The van der Waals surface area contributed by atoms with Gasteiger partial charge in [0.15, 0.2) is 5.78 Å². The van der Waals surface area contributed by atoms with Crippen LogP contribution < -0.4 is 0 Å². The highest BCUT2D eigenvalue weighted by molar-refractivity contribution is 5.98. The van der Waals surface area contributed by atoms with E-state index in [4.69, 9.17) is 0 Å². The van der Waals surface area contributed by atoms with E-state index in [0.29, 0.717) is 5.56 Å². The van der Waals surface area contributed by atoms with Crippen LogP contribution in [0, 0.1) is 20.8 Å². The molecule has 0 aliphatic carbocycles. The first-order chi connectivity index (χ1) is 8.91. The molecule has 0 heterocycles. The number of Topliss-reactive ketones (excluding diaryl/α,β-unsaturated/α-hetero) is 1. The van der Waals surface area contributed by atoms with Gasteiger partial charge in [-0.05, 0) is 39.3 Å². The van der Waals surface area contributed by atoms with Gasteiger partial charge in [0.1, 0.15) is 5.75 Å². The number of aryl methyl sites for hydroxylation is 3. The summed E-state index contributed by atoms with van der Waals surface area (Å²) in [7, 11) is 0. The minimum absolute atomic E-state index is 0.0671. The van der Waals surface area contributed by atoms with E-state index in [2.05, 4.69) is 38.1 Å². The van der Waals surface area contributed by atoms with E-state index in [0.717, 1.165) is 5.56 Å². The van der Waals surface area contributed by atoms with Crippen LogP contribution in [-0.4, -0.2) is 10.9 Å². The summed E-state index contributed by atoms with van der Waals surface area (Å²) >= 11 is 0. The van der Waals surface area contributed by atoms with Crippen molar-refractivity contribution < 1.29 is 9.90 Å². The lowest BCUT2D eigenvalue weighted by Gasteiger charge is -2.02. The van der Waals surface area contributed by atoms with Crippen molar-refractivity contribution in [2.75, 3.05) is 0 Å². The quantitative estimate of drug-likeness (QED) is 0.776. The van der Waals surface area contributed by atoms with Crippen LogP contribution >= 0.6 is 0 Å². The van der Waals surface area contributed by atoms with E-state index < -0.39 is 0 Å². The number of hydrogen-bond donors (Lipinski definition) is 1. The molecule has 1 N–H and O–H groups in total. The molecule has 2 rings (SSSR count). The highest BCUT2D eigenvalue weighted by atomic mass is 16.3. The van der Waals surface area contributed by atoms with Crippen molar-refractivity contribution in [1.82, 2.24) is 0 Å².